The van der Waals surface area contributed by atoms with Gasteiger partial charge in [0, 0.05) is 18.2 Å². The summed E-state index contributed by atoms with van der Waals surface area (Å²) in [7, 11) is 0. The summed E-state index contributed by atoms with van der Waals surface area (Å²) in [6, 6.07) is 10.3. The predicted molar refractivity (Wildman–Crippen MR) is 117 cm³/mol. The van der Waals surface area contributed by atoms with E-state index in [9.17, 15) is 24.5 Å². The van der Waals surface area contributed by atoms with E-state index in [1.54, 1.807) is 24.3 Å². The molecule has 172 valence electrons. The maximum Gasteiger partial charge on any atom is 0.270 e. The number of nitrogens with zero attached hydrogens (tertiary/aromatic N) is 5. The molecule has 0 unspecified atom stereocenters. The zero-order chi connectivity index (χ0) is 24.0. The van der Waals surface area contributed by atoms with Gasteiger partial charge in [0.1, 0.15) is 6.54 Å². The minimum atomic E-state index is -0.744. The first-order chi connectivity index (χ1) is 16.3. The van der Waals surface area contributed by atoms with Gasteiger partial charge in [-0.25, -0.2) is 0 Å². The first-order valence-corrected chi connectivity index (χ1v) is 10.7. The average molecular weight is 482 g/mol. The molecule has 0 spiro atoms. The number of non-ortho nitro benzene ring substituents is 1. The molecule has 5 rings (SSSR count). The number of nitro groups is 1. The third-order valence-electron chi connectivity index (χ3n) is 5.64. The number of carbonyl (C=O) groups excluding carboxylic acids is 3. The molecule has 34 heavy (non-hydrogen) atoms. The van der Waals surface area contributed by atoms with Crippen LogP contribution >= 0.6 is 11.6 Å². The number of fused-ring (bicyclic) bond motifs is 1. The maximum absolute atomic E-state index is 13.1. The fourth-order valence-corrected chi connectivity index (χ4v) is 3.99. The molecule has 2 aliphatic rings. The van der Waals surface area contributed by atoms with Gasteiger partial charge < -0.3 is 9.32 Å². The van der Waals surface area contributed by atoms with Gasteiger partial charge in [0.05, 0.1) is 33.2 Å². The van der Waals surface area contributed by atoms with Crippen molar-refractivity contribution < 1.29 is 23.7 Å². The number of amides is 3. The van der Waals surface area contributed by atoms with Crippen molar-refractivity contribution in [1.29, 1.82) is 0 Å². The number of nitro benzene ring substituents is 1. The zero-order valence-electron chi connectivity index (χ0n) is 17.5. The van der Waals surface area contributed by atoms with E-state index in [2.05, 4.69) is 10.2 Å². The van der Waals surface area contributed by atoms with Crippen molar-refractivity contribution in [2.24, 2.45) is 0 Å². The number of aromatic nitrogens is 2. The number of rotatable bonds is 7. The Labute approximate surface area is 197 Å². The van der Waals surface area contributed by atoms with Crippen molar-refractivity contribution in [3.8, 4) is 11.5 Å². The van der Waals surface area contributed by atoms with Crippen LogP contribution in [0.2, 0.25) is 5.02 Å². The molecule has 0 radical (unpaired) electrons. The number of halogens is 1. The summed E-state index contributed by atoms with van der Waals surface area (Å²) in [6.45, 7) is -0.488. The number of hydrogen-bond donors (Lipinski definition) is 0. The van der Waals surface area contributed by atoms with Crippen molar-refractivity contribution in [2.45, 2.75) is 25.4 Å². The second-order valence-electron chi connectivity index (χ2n) is 7.92. The molecule has 3 amide bonds. The Balaban J connectivity index is 1.32. The van der Waals surface area contributed by atoms with Gasteiger partial charge in [-0.1, -0.05) is 23.7 Å². The Morgan fingerprint density at radius 1 is 1.12 bits per heavy atom. The van der Waals surface area contributed by atoms with Crippen LogP contribution in [0, 0.1) is 10.1 Å². The van der Waals surface area contributed by atoms with Gasteiger partial charge in [-0.15, -0.1) is 10.2 Å². The largest absolute Gasteiger partial charge is 0.419 e. The van der Waals surface area contributed by atoms with Gasteiger partial charge >= 0.3 is 0 Å². The number of carbonyl (C=O) groups is 3. The van der Waals surface area contributed by atoms with E-state index in [-0.39, 0.29) is 41.2 Å². The van der Waals surface area contributed by atoms with E-state index in [4.69, 9.17) is 16.0 Å². The summed E-state index contributed by atoms with van der Waals surface area (Å²) in [5.41, 5.74) is 0.194. The Morgan fingerprint density at radius 3 is 2.56 bits per heavy atom. The summed E-state index contributed by atoms with van der Waals surface area (Å²) in [5.74, 6) is -1.48. The third-order valence-corrected chi connectivity index (χ3v) is 5.97. The molecule has 1 aliphatic heterocycles. The molecule has 0 bridgehead atoms. The number of benzene rings is 2. The molecule has 11 nitrogen and oxygen atoms in total. The van der Waals surface area contributed by atoms with Crippen molar-refractivity contribution in [3.63, 3.8) is 0 Å². The maximum atomic E-state index is 13.1. The van der Waals surface area contributed by atoms with Crippen LogP contribution in [0.5, 0.6) is 0 Å². The van der Waals surface area contributed by atoms with Gasteiger partial charge in [-0.3, -0.25) is 29.4 Å². The normalized spacial score (nSPS) is 14.9. The summed E-state index contributed by atoms with van der Waals surface area (Å²) in [5, 5.41) is 19.5. The smallest absolute Gasteiger partial charge is 0.270 e. The second kappa shape index (κ2) is 8.34. The molecule has 0 atom stereocenters. The van der Waals surface area contributed by atoms with E-state index < -0.39 is 29.2 Å². The van der Waals surface area contributed by atoms with Crippen LogP contribution in [-0.2, 0) is 11.3 Å². The highest BCUT2D eigenvalue weighted by atomic mass is 35.5. The van der Waals surface area contributed by atoms with Gasteiger partial charge in [0.25, 0.3) is 17.5 Å². The highest BCUT2D eigenvalue weighted by Crippen LogP contribution is 2.31. The lowest BCUT2D eigenvalue weighted by Crippen LogP contribution is -2.43. The summed E-state index contributed by atoms with van der Waals surface area (Å²) in [4.78, 5) is 51.2. The first-order valence-electron chi connectivity index (χ1n) is 10.3. The van der Waals surface area contributed by atoms with Crippen LogP contribution in [-0.4, -0.2) is 55.2 Å². The standard InChI is InChI=1S/C22H16ClN5O6/c23-17-4-2-1-3-15(17)20-25-24-18(34-20)10-26(12-5-6-12)19(29)11-27-21(30)14-8-7-13(28(32)33)9-16(14)22(27)31/h1-4,7-9,12H,5-6,10-11H2. The molecular weight excluding hydrogens is 466 g/mol. The molecule has 1 aromatic heterocycles. The Hall–Kier alpha value is -4.12. The van der Waals surface area contributed by atoms with E-state index in [0.29, 0.717) is 10.6 Å². The summed E-state index contributed by atoms with van der Waals surface area (Å²) >= 11 is 6.17. The zero-order valence-corrected chi connectivity index (χ0v) is 18.3. The lowest BCUT2D eigenvalue weighted by Gasteiger charge is -2.23. The molecule has 1 aliphatic carbocycles. The van der Waals surface area contributed by atoms with Crippen molar-refractivity contribution >= 4 is 35.0 Å². The highest BCUT2D eigenvalue weighted by molar-refractivity contribution is 6.33. The summed E-state index contributed by atoms with van der Waals surface area (Å²) in [6.07, 6.45) is 1.54. The van der Waals surface area contributed by atoms with E-state index in [1.165, 1.54) is 11.0 Å². The molecule has 2 heterocycles. The van der Waals surface area contributed by atoms with Crippen LogP contribution in [0.25, 0.3) is 11.5 Å². The Morgan fingerprint density at radius 2 is 1.85 bits per heavy atom. The molecule has 0 N–H and O–H groups in total. The number of imide groups is 1. The number of hydrogen-bond acceptors (Lipinski definition) is 8. The van der Waals surface area contributed by atoms with E-state index >= 15 is 0 Å². The van der Waals surface area contributed by atoms with Gasteiger partial charge in [-0.05, 0) is 31.0 Å². The van der Waals surface area contributed by atoms with Gasteiger partial charge in [0.15, 0.2) is 0 Å². The van der Waals surface area contributed by atoms with Crippen LogP contribution in [0.1, 0.15) is 39.4 Å². The SMILES string of the molecule is O=C1c2ccc([N+](=O)[O-])cc2C(=O)N1CC(=O)N(Cc1nnc(-c2ccccc2Cl)o1)C1CC1. The van der Waals surface area contributed by atoms with Gasteiger partial charge in [-0.2, -0.15) is 0 Å². The van der Waals surface area contributed by atoms with Crippen molar-refractivity contribution in [1.82, 2.24) is 20.0 Å². The Bertz CT molecular complexity index is 1350. The van der Waals surface area contributed by atoms with E-state index in [1.807, 2.05) is 0 Å². The lowest BCUT2D eigenvalue weighted by atomic mass is 10.1. The quantitative estimate of drug-likeness (QED) is 0.285. The third kappa shape index (κ3) is 3.90. The Kier molecular flexibility index (Phi) is 5.33. The highest BCUT2D eigenvalue weighted by Gasteiger charge is 2.41. The average Bonchev–Trinajstić information content (AvgIpc) is 3.52. The minimum absolute atomic E-state index is 0.00952. The molecule has 12 heteroatoms. The molecule has 2 aromatic carbocycles. The monoisotopic (exact) mass is 481 g/mol. The summed E-state index contributed by atoms with van der Waals surface area (Å²) < 4.78 is 5.70. The van der Waals surface area contributed by atoms with Crippen molar-refractivity contribution in [3.05, 3.63) is 74.6 Å². The molecule has 1 saturated carbocycles. The van der Waals surface area contributed by atoms with Crippen LogP contribution < -0.4 is 0 Å². The van der Waals surface area contributed by atoms with Crippen molar-refractivity contribution in [2.75, 3.05) is 6.54 Å². The van der Waals surface area contributed by atoms with Crippen LogP contribution in [0.3, 0.4) is 0 Å². The van der Waals surface area contributed by atoms with Crippen LogP contribution in [0.15, 0.2) is 46.9 Å². The van der Waals surface area contributed by atoms with Gasteiger partial charge in [0.2, 0.25) is 17.7 Å². The predicted octanol–water partition coefficient (Wildman–Crippen LogP) is 3.09. The van der Waals surface area contributed by atoms with E-state index in [0.717, 1.165) is 29.9 Å². The fourth-order valence-electron chi connectivity index (χ4n) is 3.78. The minimum Gasteiger partial charge on any atom is -0.419 e. The first kappa shape index (κ1) is 21.7. The topological polar surface area (TPSA) is 140 Å². The molecule has 0 saturated heterocycles. The fraction of sp³-hybridized carbons (Fsp3) is 0.227. The molecule has 3 aromatic rings. The lowest BCUT2D eigenvalue weighted by molar-refractivity contribution is -0.384. The second-order valence-corrected chi connectivity index (χ2v) is 8.32. The molecular formula is C22H16ClN5O6. The van der Waals surface area contributed by atoms with Crippen LogP contribution in [0.4, 0.5) is 5.69 Å². The molecule has 1 fully saturated rings.